The van der Waals surface area contributed by atoms with Crippen LogP contribution in [0.1, 0.15) is 47.6 Å². The van der Waals surface area contributed by atoms with Crippen molar-refractivity contribution in [3.63, 3.8) is 0 Å². The van der Waals surface area contributed by atoms with Crippen LogP contribution in [0, 0.1) is 12.8 Å². The number of amides is 1. The van der Waals surface area contributed by atoms with E-state index in [1.807, 2.05) is 0 Å². The second-order valence-electron chi connectivity index (χ2n) is 6.73. The number of rotatable bonds is 4. The molecule has 1 aliphatic rings. The molecule has 2 atom stereocenters. The SMILES string of the molecule is Cc1ncncc1C(=O)N[C@@H]1CCCC[C@@H]1Cc1nn(C)c(=O)n1C. The fourth-order valence-corrected chi connectivity index (χ4v) is 3.52. The van der Waals surface area contributed by atoms with Gasteiger partial charge in [0.05, 0.1) is 11.3 Å². The summed E-state index contributed by atoms with van der Waals surface area (Å²) in [4.78, 5) is 32.5. The second kappa shape index (κ2) is 7.16. The maximum absolute atomic E-state index is 12.6. The Morgan fingerprint density at radius 2 is 2.08 bits per heavy atom. The third kappa shape index (κ3) is 3.62. The highest BCUT2D eigenvalue weighted by molar-refractivity contribution is 5.95. The summed E-state index contributed by atoms with van der Waals surface area (Å²) in [5, 5.41) is 7.47. The van der Waals surface area contributed by atoms with Gasteiger partial charge < -0.3 is 5.32 Å². The van der Waals surface area contributed by atoms with Crippen LogP contribution in [-0.4, -0.2) is 36.3 Å². The fourth-order valence-electron chi connectivity index (χ4n) is 3.52. The van der Waals surface area contributed by atoms with Crippen LogP contribution in [0.4, 0.5) is 0 Å². The smallest absolute Gasteiger partial charge is 0.345 e. The van der Waals surface area contributed by atoms with Gasteiger partial charge in [0.1, 0.15) is 12.2 Å². The van der Waals surface area contributed by atoms with Crippen LogP contribution in [0.15, 0.2) is 17.3 Å². The molecule has 1 fully saturated rings. The molecule has 0 aliphatic heterocycles. The van der Waals surface area contributed by atoms with Crippen LogP contribution in [-0.2, 0) is 20.5 Å². The van der Waals surface area contributed by atoms with Gasteiger partial charge in [0, 0.05) is 32.8 Å². The van der Waals surface area contributed by atoms with E-state index in [-0.39, 0.29) is 23.6 Å². The summed E-state index contributed by atoms with van der Waals surface area (Å²) < 4.78 is 2.94. The molecule has 134 valence electrons. The second-order valence-corrected chi connectivity index (χ2v) is 6.73. The molecule has 0 aromatic carbocycles. The third-order valence-corrected chi connectivity index (χ3v) is 5.04. The Bertz CT molecular complexity index is 825. The van der Waals surface area contributed by atoms with Gasteiger partial charge in [0.15, 0.2) is 0 Å². The van der Waals surface area contributed by atoms with Crippen LogP contribution < -0.4 is 11.0 Å². The largest absolute Gasteiger partial charge is 0.349 e. The maximum Gasteiger partial charge on any atom is 0.345 e. The minimum absolute atomic E-state index is 0.0676. The van der Waals surface area contributed by atoms with Crippen LogP contribution in [0.3, 0.4) is 0 Å². The summed E-state index contributed by atoms with van der Waals surface area (Å²) in [5.41, 5.74) is 1.06. The van der Waals surface area contributed by atoms with Crippen molar-refractivity contribution in [1.29, 1.82) is 0 Å². The van der Waals surface area contributed by atoms with E-state index in [1.54, 1.807) is 31.8 Å². The molecule has 0 saturated heterocycles. The lowest BCUT2D eigenvalue weighted by molar-refractivity contribution is 0.0903. The number of nitrogens with one attached hydrogen (secondary N) is 1. The van der Waals surface area contributed by atoms with Crippen molar-refractivity contribution in [3.8, 4) is 0 Å². The Morgan fingerprint density at radius 1 is 1.32 bits per heavy atom. The van der Waals surface area contributed by atoms with Crippen LogP contribution in [0.5, 0.6) is 0 Å². The van der Waals surface area contributed by atoms with E-state index in [2.05, 4.69) is 20.4 Å². The third-order valence-electron chi connectivity index (χ3n) is 5.04. The topological polar surface area (TPSA) is 94.7 Å². The normalized spacial score (nSPS) is 20.4. The lowest BCUT2D eigenvalue weighted by atomic mass is 9.82. The predicted molar refractivity (Wildman–Crippen MR) is 92.1 cm³/mol. The zero-order valence-corrected chi connectivity index (χ0v) is 14.9. The fraction of sp³-hybridized carbons (Fsp3) is 0.588. The summed E-state index contributed by atoms with van der Waals surface area (Å²) in [7, 11) is 3.40. The Morgan fingerprint density at radius 3 is 2.76 bits per heavy atom. The molecular weight excluding hydrogens is 320 g/mol. The maximum atomic E-state index is 12.6. The monoisotopic (exact) mass is 344 g/mol. The zero-order chi connectivity index (χ0) is 18.0. The molecule has 2 aromatic rings. The summed E-state index contributed by atoms with van der Waals surface area (Å²) in [6, 6.07) is 0.0676. The Labute approximate surface area is 146 Å². The molecule has 0 radical (unpaired) electrons. The molecule has 0 spiro atoms. The predicted octanol–water partition coefficient (Wildman–Crippen LogP) is 0.749. The molecule has 1 saturated carbocycles. The van der Waals surface area contributed by atoms with Gasteiger partial charge in [-0.05, 0) is 25.7 Å². The van der Waals surface area contributed by atoms with Gasteiger partial charge in [0.25, 0.3) is 5.91 Å². The molecule has 8 heteroatoms. The van der Waals surface area contributed by atoms with Crippen molar-refractivity contribution in [2.45, 2.75) is 45.1 Å². The van der Waals surface area contributed by atoms with E-state index in [4.69, 9.17) is 0 Å². The molecule has 3 rings (SSSR count). The molecule has 1 aliphatic carbocycles. The summed E-state index contributed by atoms with van der Waals surface area (Å²) in [6.45, 7) is 1.80. The van der Waals surface area contributed by atoms with Gasteiger partial charge in [-0.1, -0.05) is 12.8 Å². The number of carbonyl (C=O) groups excluding carboxylic acids is 1. The van der Waals surface area contributed by atoms with Gasteiger partial charge >= 0.3 is 5.69 Å². The Balaban J connectivity index is 1.75. The van der Waals surface area contributed by atoms with Crippen molar-refractivity contribution in [2.24, 2.45) is 20.0 Å². The highest BCUT2D eigenvalue weighted by Crippen LogP contribution is 2.27. The average molecular weight is 344 g/mol. The van der Waals surface area contributed by atoms with Crippen molar-refractivity contribution in [1.82, 2.24) is 29.6 Å². The van der Waals surface area contributed by atoms with E-state index in [0.717, 1.165) is 31.5 Å². The number of hydrogen-bond donors (Lipinski definition) is 1. The minimum atomic E-state index is -0.134. The van der Waals surface area contributed by atoms with Gasteiger partial charge in [-0.2, -0.15) is 5.10 Å². The first-order valence-corrected chi connectivity index (χ1v) is 8.63. The molecule has 25 heavy (non-hydrogen) atoms. The first-order chi connectivity index (χ1) is 12.0. The average Bonchev–Trinajstić information content (AvgIpc) is 2.84. The van der Waals surface area contributed by atoms with E-state index in [0.29, 0.717) is 17.7 Å². The standard InChI is InChI=1S/C17H24N6O2/c1-11-13(9-18-10-19-11)16(24)20-14-7-5-4-6-12(14)8-15-21-23(3)17(25)22(15)2/h9-10,12,14H,4-8H2,1-3H3,(H,20,24)/t12-,14-/m1/s1. The number of aromatic nitrogens is 5. The van der Waals surface area contributed by atoms with E-state index in [9.17, 15) is 9.59 Å². The minimum Gasteiger partial charge on any atom is -0.349 e. The first-order valence-electron chi connectivity index (χ1n) is 8.63. The molecule has 2 heterocycles. The first kappa shape index (κ1) is 17.3. The molecular formula is C17H24N6O2. The van der Waals surface area contributed by atoms with Crippen LogP contribution in [0.25, 0.3) is 0 Å². The molecule has 1 N–H and O–H groups in total. The Kier molecular flexibility index (Phi) is 4.96. The quantitative estimate of drug-likeness (QED) is 0.883. The van der Waals surface area contributed by atoms with Crippen LogP contribution in [0.2, 0.25) is 0 Å². The number of hydrogen-bond acceptors (Lipinski definition) is 5. The lowest BCUT2D eigenvalue weighted by Gasteiger charge is -2.32. The van der Waals surface area contributed by atoms with Gasteiger partial charge in [0.2, 0.25) is 0 Å². The van der Waals surface area contributed by atoms with Gasteiger partial charge in [-0.25, -0.2) is 19.4 Å². The number of nitrogens with zero attached hydrogens (tertiary/aromatic N) is 5. The van der Waals surface area contributed by atoms with Crippen molar-refractivity contribution < 1.29 is 4.79 Å². The number of carbonyl (C=O) groups is 1. The lowest BCUT2D eigenvalue weighted by Crippen LogP contribution is -2.43. The van der Waals surface area contributed by atoms with Crippen LogP contribution >= 0.6 is 0 Å². The molecule has 2 aromatic heterocycles. The Hall–Kier alpha value is -2.51. The zero-order valence-electron chi connectivity index (χ0n) is 14.9. The van der Waals surface area contributed by atoms with Crippen molar-refractivity contribution >= 4 is 5.91 Å². The van der Waals surface area contributed by atoms with E-state index < -0.39 is 0 Å². The molecule has 0 bridgehead atoms. The molecule has 8 nitrogen and oxygen atoms in total. The van der Waals surface area contributed by atoms with Crippen molar-refractivity contribution in [3.05, 3.63) is 40.1 Å². The highest BCUT2D eigenvalue weighted by atomic mass is 16.2. The molecule has 1 amide bonds. The van der Waals surface area contributed by atoms with Gasteiger partial charge in [-0.3, -0.25) is 9.36 Å². The summed E-state index contributed by atoms with van der Waals surface area (Å²) in [5.74, 6) is 0.894. The van der Waals surface area contributed by atoms with E-state index in [1.165, 1.54) is 11.0 Å². The highest BCUT2D eigenvalue weighted by Gasteiger charge is 2.29. The van der Waals surface area contributed by atoms with Gasteiger partial charge in [-0.15, -0.1) is 0 Å². The summed E-state index contributed by atoms with van der Waals surface area (Å²) in [6.07, 6.45) is 7.85. The van der Waals surface area contributed by atoms with Crippen molar-refractivity contribution in [2.75, 3.05) is 0 Å². The summed E-state index contributed by atoms with van der Waals surface area (Å²) >= 11 is 0. The van der Waals surface area contributed by atoms with E-state index >= 15 is 0 Å². The molecule has 0 unspecified atom stereocenters. The number of aryl methyl sites for hydroxylation is 2.